The molecule has 0 saturated heterocycles. The van der Waals surface area contributed by atoms with Gasteiger partial charge in [0.15, 0.2) is 11.3 Å². The second-order valence-corrected chi connectivity index (χ2v) is 8.68. The topological polar surface area (TPSA) is 82.1 Å². The molecule has 2 aromatic heterocycles. The first-order valence-corrected chi connectivity index (χ1v) is 11.2. The van der Waals surface area contributed by atoms with Gasteiger partial charge in [0.25, 0.3) is 0 Å². The van der Waals surface area contributed by atoms with E-state index in [-0.39, 0.29) is 0 Å². The Morgan fingerprint density at radius 2 is 1.82 bits per heavy atom. The van der Waals surface area contributed by atoms with E-state index in [2.05, 4.69) is 4.90 Å². The number of hydrogen-bond donors (Lipinski definition) is 0. The molecule has 2 aliphatic rings. The Hall–Kier alpha value is -3.58. The van der Waals surface area contributed by atoms with Crippen molar-refractivity contribution in [2.45, 2.75) is 38.3 Å². The van der Waals surface area contributed by atoms with Gasteiger partial charge in [0.05, 0.1) is 18.2 Å². The molecule has 168 valence electrons. The maximum atomic E-state index is 13.0. The Labute approximate surface area is 189 Å². The molecule has 1 saturated carbocycles. The minimum absolute atomic E-state index is 0.304. The zero-order valence-electron chi connectivity index (χ0n) is 18.3. The predicted molar refractivity (Wildman–Crippen MR) is 124 cm³/mol. The summed E-state index contributed by atoms with van der Waals surface area (Å²) in [6, 6.07) is 12.7. The van der Waals surface area contributed by atoms with Crippen LogP contribution in [0.2, 0.25) is 0 Å². The van der Waals surface area contributed by atoms with E-state index in [0.717, 1.165) is 18.4 Å². The Balaban J connectivity index is 1.54. The van der Waals surface area contributed by atoms with Crippen LogP contribution in [0, 0.1) is 0 Å². The molecular formula is C26H23NO6. The van der Waals surface area contributed by atoms with Gasteiger partial charge in [-0.05, 0) is 37.1 Å². The number of benzene rings is 2. The number of ether oxygens (including phenoxy) is 2. The lowest BCUT2D eigenvalue weighted by Gasteiger charge is -2.33. The van der Waals surface area contributed by atoms with E-state index in [0.29, 0.717) is 63.9 Å². The van der Waals surface area contributed by atoms with E-state index in [9.17, 15) is 9.59 Å². The molecule has 1 aliphatic carbocycles. The fourth-order valence-electron chi connectivity index (χ4n) is 5.14. The number of hydrogen-bond acceptors (Lipinski definition) is 7. The van der Waals surface area contributed by atoms with E-state index < -0.39 is 11.3 Å². The van der Waals surface area contributed by atoms with Crippen LogP contribution in [0.4, 0.5) is 0 Å². The maximum absolute atomic E-state index is 13.0. The van der Waals surface area contributed by atoms with Gasteiger partial charge in [0.2, 0.25) is 0 Å². The van der Waals surface area contributed by atoms with E-state index in [1.54, 1.807) is 12.1 Å². The summed E-state index contributed by atoms with van der Waals surface area (Å²) in [5.74, 6) is 1.19. The van der Waals surface area contributed by atoms with Crippen molar-refractivity contribution in [3.05, 3.63) is 68.9 Å². The minimum atomic E-state index is -0.541. The monoisotopic (exact) mass is 445 g/mol. The lowest BCUT2D eigenvalue weighted by atomic mass is 9.99. The van der Waals surface area contributed by atoms with Gasteiger partial charge in [-0.15, -0.1) is 0 Å². The first-order valence-electron chi connectivity index (χ1n) is 11.2. The molecule has 0 N–H and O–H groups in total. The molecule has 2 aromatic carbocycles. The van der Waals surface area contributed by atoms with Gasteiger partial charge in [-0.1, -0.05) is 25.0 Å². The molecule has 6 rings (SSSR count). The molecule has 0 radical (unpaired) electrons. The fraction of sp³-hybridized carbons (Fsp3) is 0.308. The van der Waals surface area contributed by atoms with Crippen molar-refractivity contribution in [3.63, 3.8) is 0 Å². The summed E-state index contributed by atoms with van der Waals surface area (Å²) in [6.07, 6.45) is 4.76. The third-order valence-electron chi connectivity index (χ3n) is 6.79. The zero-order valence-corrected chi connectivity index (χ0v) is 18.3. The molecule has 4 aromatic rings. The summed E-state index contributed by atoms with van der Waals surface area (Å²) >= 11 is 0. The minimum Gasteiger partial charge on any atom is -0.493 e. The van der Waals surface area contributed by atoms with Crippen LogP contribution in [0.25, 0.3) is 33.1 Å². The lowest BCUT2D eigenvalue weighted by molar-refractivity contribution is 0.0581. The maximum Gasteiger partial charge on any atom is 0.344 e. The largest absolute Gasteiger partial charge is 0.493 e. The number of para-hydroxylation sites is 1. The van der Waals surface area contributed by atoms with Gasteiger partial charge in [-0.25, -0.2) is 9.59 Å². The van der Waals surface area contributed by atoms with Crippen molar-refractivity contribution < 1.29 is 18.3 Å². The highest BCUT2D eigenvalue weighted by Crippen LogP contribution is 2.38. The molecule has 7 heteroatoms. The predicted octanol–water partition coefficient (Wildman–Crippen LogP) is 4.67. The third-order valence-corrected chi connectivity index (χ3v) is 6.79. The van der Waals surface area contributed by atoms with Gasteiger partial charge in [-0.2, -0.15) is 0 Å². The Morgan fingerprint density at radius 3 is 2.64 bits per heavy atom. The first-order chi connectivity index (χ1) is 16.1. The van der Waals surface area contributed by atoms with Crippen LogP contribution < -0.4 is 20.7 Å². The average molecular weight is 445 g/mol. The molecule has 0 bridgehead atoms. The normalized spacial score (nSPS) is 16.8. The van der Waals surface area contributed by atoms with Crippen molar-refractivity contribution in [1.29, 1.82) is 0 Å². The molecule has 0 amide bonds. The summed E-state index contributed by atoms with van der Waals surface area (Å²) in [5.41, 5.74) is 1.41. The van der Waals surface area contributed by atoms with Crippen molar-refractivity contribution >= 4 is 21.9 Å². The molecule has 0 unspecified atom stereocenters. The Bertz CT molecular complexity index is 1490. The molecule has 0 spiro atoms. The molecule has 1 aliphatic heterocycles. The quantitative estimate of drug-likeness (QED) is 0.424. The van der Waals surface area contributed by atoms with Crippen LogP contribution >= 0.6 is 0 Å². The van der Waals surface area contributed by atoms with Crippen LogP contribution in [0.3, 0.4) is 0 Å². The van der Waals surface area contributed by atoms with Crippen LogP contribution in [-0.2, 0) is 6.54 Å². The van der Waals surface area contributed by atoms with Crippen LogP contribution in [-0.4, -0.2) is 24.8 Å². The van der Waals surface area contributed by atoms with Crippen molar-refractivity contribution in [3.8, 4) is 22.6 Å². The van der Waals surface area contributed by atoms with E-state index in [1.807, 2.05) is 24.3 Å². The molecule has 1 fully saturated rings. The van der Waals surface area contributed by atoms with E-state index in [1.165, 1.54) is 26.0 Å². The highest BCUT2D eigenvalue weighted by molar-refractivity contribution is 5.97. The number of methoxy groups -OCH3 is 1. The summed E-state index contributed by atoms with van der Waals surface area (Å²) < 4.78 is 22.6. The molecule has 33 heavy (non-hydrogen) atoms. The highest BCUT2D eigenvalue weighted by Gasteiger charge is 2.29. The van der Waals surface area contributed by atoms with Gasteiger partial charge in [-0.3, -0.25) is 4.90 Å². The summed E-state index contributed by atoms with van der Waals surface area (Å²) in [7, 11) is 1.53. The van der Waals surface area contributed by atoms with Crippen molar-refractivity contribution in [2.75, 3.05) is 13.8 Å². The SMILES string of the molecule is COc1cccc2cc(-c3cc(=O)oc4c5c(ccc34)OCN(C3CCCC3)C5)c(=O)oc12. The Kier molecular flexibility index (Phi) is 4.73. The fourth-order valence-corrected chi connectivity index (χ4v) is 5.14. The van der Waals surface area contributed by atoms with Crippen LogP contribution in [0.1, 0.15) is 31.2 Å². The number of nitrogens with zero attached hydrogens (tertiary/aromatic N) is 1. The standard InChI is InChI=1S/C26H23NO6/c1-30-22-8-4-5-15-11-19(26(29)33-24(15)22)18-12-23(28)32-25-17(18)9-10-21-20(25)13-27(14-31-21)16-6-2-3-7-16/h4-5,8-12,16H,2-3,6-7,13-14H2,1H3. The van der Waals surface area contributed by atoms with Crippen molar-refractivity contribution in [2.24, 2.45) is 0 Å². The average Bonchev–Trinajstić information content (AvgIpc) is 3.37. The third kappa shape index (κ3) is 3.31. The second kappa shape index (κ2) is 7.78. The molecule has 3 heterocycles. The zero-order chi connectivity index (χ0) is 22.5. The van der Waals surface area contributed by atoms with Gasteiger partial charge in [0.1, 0.15) is 18.1 Å². The number of fused-ring (bicyclic) bond motifs is 4. The van der Waals surface area contributed by atoms with Gasteiger partial charge < -0.3 is 18.3 Å². The lowest BCUT2D eigenvalue weighted by Crippen LogP contribution is -2.39. The van der Waals surface area contributed by atoms with E-state index in [4.69, 9.17) is 18.3 Å². The molecule has 0 atom stereocenters. The molecular weight excluding hydrogens is 422 g/mol. The van der Waals surface area contributed by atoms with Crippen molar-refractivity contribution in [1.82, 2.24) is 4.90 Å². The van der Waals surface area contributed by atoms with Crippen LogP contribution in [0.15, 0.2) is 60.9 Å². The summed E-state index contributed by atoms with van der Waals surface area (Å²) in [6.45, 7) is 1.18. The van der Waals surface area contributed by atoms with Gasteiger partial charge >= 0.3 is 11.3 Å². The second-order valence-electron chi connectivity index (χ2n) is 8.68. The Morgan fingerprint density at radius 1 is 0.970 bits per heavy atom. The highest BCUT2D eigenvalue weighted by atomic mass is 16.5. The van der Waals surface area contributed by atoms with Crippen LogP contribution in [0.5, 0.6) is 11.5 Å². The summed E-state index contributed by atoms with van der Waals surface area (Å²) in [4.78, 5) is 27.9. The van der Waals surface area contributed by atoms with Gasteiger partial charge in [0, 0.05) is 35.0 Å². The number of rotatable bonds is 3. The van der Waals surface area contributed by atoms with E-state index >= 15 is 0 Å². The molecule has 7 nitrogen and oxygen atoms in total. The summed E-state index contributed by atoms with van der Waals surface area (Å²) in [5, 5.41) is 1.39. The smallest absolute Gasteiger partial charge is 0.344 e. The first kappa shape index (κ1) is 20.1.